The van der Waals surface area contributed by atoms with Gasteiger partial charge >= 0.3 is 0 Å². The second kappa shape index (κ2) is 5.79. The fourth-order valence-corrected chi connectivity index (χ4v) is 2.29. The number of rotatable bonds is 3. The first kappa shape index (κ1) is 13.5. The smallest absolute Gasteiger partial charge is 0.269 e. The van der Waals surface area contributed by atoms with E-state index in [1.54, 1.807) is 19.1 Å². The van der Waals surface area contributed by atoms with Crippen LogP contribution in [0.1, 0.15) is 12.5 Å². The Morgan fingerprint density at radius 3 is 2.74 bits per heavy atom. The minimum absolute atomic E-state index is 0.0928. The average molecular weight is 263 g/mol. The maximum Gasteiger partial charge on any atom is 0.269 e. The summed E-state index contributed by atoms with van der Waals surface area (Å²) in [6.45, 7) is 3.80. The summed E-state index contributed by atoms with van der Waals surface area (Å²) in [5.41, 5.74) is 1.14. The van der Waals surface area contributed by atoms with E-state index >= 15 is 0 Å². The molecule has 1 aromatic rings. The molecule has 0 spiro atoms. The van der Waals surface area contributed by atoms with Crippen LogP contribution in [0.25, 0.3) is 0 Å². The Morgan fingerprint density at radius 1 is 1.47 bits per heavy atom. The van der Waals surface area contributed by atoms with Gasteiger partial charge in [0.15, 0.2) is 0 Å². The largest absolute Gasteiger partial charge is 0.340 e. The topological polar surface area (TPSA) is 75.5 Å². The summed E-state index contributed by atoms with van der Waals surface area (Å²) in [7, 11) is 0. The maximum atomic E-state index is 11.3. The number of nitrogens with zero attached hydrogens (tertiary/aromatic N) is 2. The highest BCUT2D eigenvalue weighted by atomic mass is 16.6. The van der Waals surface area contributed by atoms with Crippen LogP contribution in [0.4, 0.5) is 5.69 Å². The second-order valence-corrected chi connectivity index (χ2v) is 4.74. The number of hydrogen-bond donors (Lipinski definition) is 1. The normalized spacial score (nSPS) is 19.2. The fraction of sp³-hybridized carbons (Fsp3) is 0.462. The van der Waals surface area contributed by atoms with Crippen LogP contribution in [0.5, 0.6) is 0 Å². The number of nitrogens with one attached hydrogen (secondary N) is 1. The summed E-state index contributed by atoms with van der Waals surface area (Å²) in [5, 5.41) is 13.9. The fourth-order valence-electron chi connectivity index (χ4n) is 2.29. The van der Waals surface area contributed by atoms with E-state index in [1.165, 1.54) is 12.1 Å². The maximum absolute atomic E-state index is 11.3. The van der Waals surface area contributed by atoms with Crippen molar-refractivity contribution in [3.8, 4) is 0 Å². The summed E-state index contributed by atoms with van der Waals surface area (Å²) >= 11 is 0. The number of carbonyl (C=O) groups is 1. The van der Waals surface area contributed by atoms with E-state index in [-0.39, 0.29) is 17.6 Å². The number of benzene rings is 1. The van der Waals surface area contributed by atoms with E-state index in [2.05, 4.69) is 5.32 Å². The van der Waals surface area contributed by atoms with Gasteiger partial charge in [0.25, 0.3) is 5.69 Å². The molecule has 19 heavy (non-hydrogen) atoms. The summed E-state index contributed by atoms with van der Waals surface area (Å²) < 4.78 is 0. The predicted octanol–water partition coefficient (Wildman–Crippen LogP) is 0.958. The number of non-ortho nitro benzene ring substituents is 1. The van der Waals surface area contributed by atoms with Gasteiger partial charge in [-0.25, -0.2) is 0 Å². The van der Waals surface area contributed by atoms with E-state index in [9.17, 15) is 14.9 Å². The van der Waals surface area contributed by atoms with Crippen LogP contribution < -0.4 is 5.32 Å². The number of amides is 1. The van der Waals surface area contributed by atoms with E-state index in [0.29, 0.717) is 6.54 Å². The number of nitro benzene ring substituents is 1. The SMILES string of the molecule is CC(=O)N1CCNC(Cc2ccc([N+](=O)[O-])cc2)C1. The zero-order valence-corrected chi connectivity index (χ0v) is 10.8. The van der Waals surface area contributed by atoms with Crippen molar-refractivity contribution in [2.75, 3.05) is 19.6 Å². The molecule has 1 amide bonds. The molecule has 2 rings (SSSR count). The molecule has 0 aliphatic carbocycles. The van der Waals surface area contributed by atoms with Crippen molar-refractivity contribution < 1.29 is 9.72 Å². The molecule has 6 nitrogen and oxygen atoms in total. The van der Waals surface area contributed by atoms with Gasteiger partial charge in [0, 0.05) is 44.7 Å². The molecule has 1 atom stereocenters. The van der Waals surface area contributed by atoms with Crippen LogP contribution in [0.3, 0.4) is 0 Å². The van der Waals surface area contributed by atoms with Gasteiger partial charge < -0.3 is 10.2 Å². The average Bonchev–Trinajstić information content (AvgIpc) is 2.39. The highest BCUT2D eigenvalue weighted by Gasteiger charge is 2.21. The van der Waals surface area contributed by atoms with Crippen molar-refractivity contribution in [3.63, 3.8) is 0 Å². The van der Waals surface area contributed by atoms with Gasteiger partial charge in [-0.15, -0.1) is 0 Å². The lowest BCUT2D eigenvalue weighted by molar-refractivity contribution is -0.384. The Balaban J connectivity index is 1.96. The van der Waals surface area contributed by atoms with Gasteiger partial charge in [0.1, 0.15) is 0 Å². The van der Waals surface area contributed by atoms with Crippen LogP contribution in [-0.4, -0.2) is 41.4 Å². The molecular weight excluding hydrogens is 246 g/mol. The quantitative estimate of drug-likeness (QED) is 0.651. The third-order valence-corrected chi connectivity index (χ3v) is 3.33. The lowest BCUT2D eigenvalue weighted by Crippen LogP contribution is -2.52. The van der Waals surface area contributed by atoms with Crippen LogP contribution >= 0.6 is 0 Å². The molecule has 0 radical (unpaired) electrons. The Kier molecular flexibility index (Phi) is 4.11. The molecule has 102 valence electrons. The van der Waals surface area contributed by atoms with Gasteiger partial charge in [-0.2, -0.15) is 0 Å². The van der Waals surface area contributed by atoms with Crippen LogP contribution in [0.15, 0.2) is 24.3 Å². The summed E-state index contributed by atoms with van der Waals surface area (Å²) in [5.74, 6) is 0.0928. The van der Waals surface area contributed by atoms with Gasteiger partial charge in [0.2, 0.25) is 5.91 Å². The van der Waals surface area contributed by atoms with Gasteiger partial charge in [-0.3, -0.25) is 14.9 Å². The minimum Gasteiger partial charge on any atom is -0.340 e. The number of hydrogen-bond acceptors (Lipinski definition) is 4. The van der Waals surface area contributed by atoms with Crippen LogP contribution in [-0.2, 0) is 11.2 Å². The van der Waals surface area contributed by atoms with Crippen molar-refractivity contribution in [2.24, 2.45) is 0 Å². The highest BCUT2D eigenvalue weighted by Crippen LogP contribution is 2.14. The number of carbonyl (C=O) groups excluding carboxylic acids is 1. The van der Waals surface area contributed by atoms with Gasteiger partial charge in [0.05, 0.1) is 4.92 Å². The second-order valence-electron chi connectivity index (χ2n) is 4.74. The first-order valence-electron chi connectivity index (χ1n) is 6.28. The number of piperazine rings is 1. The molecular formula is C13H17N3O3. The Labute approximate surface area is 111 Å². The first-order valence-corrected chi connectivity index (χ1v) is 6.28. The molecule has 0 aromatic heterocycles. The van der Waals surface area contributed by atoms with Gasteiger partial charge in [-0.1, -0.05) is 12.1 Å². The zero-order chi connectivity index (χ0) is 13.8. The molecule has 6 heteroatoms. The molecule has 1 aliphatic rings. The molecule has 1 unspecified atom stereocenters. The molecule has 0 bridgehead atoms. The van der Waals surface area contributed by atoms with E-state index < -0.39 is 4.92 Å². The predicted molar refractivity (Wildman–Crippen MR) is 70.8 cm³/mol. The lowest BCUT2D eigenvalue weighted by atomic mass is 10.0. The highest BCUT2D eigenvalue weighted by molar-refractivity contribution is 5.73. The van der Waals surface area contributed by atoms with E-state index in [4.69, 9.17) is 0 Å². The van der Waals surface area contributed by atoms with Crippen molar-refractivity contribution in [3.05, 3.63) is 39.9 Å². The number of nitro groups is 1. The molecule has 1 heterocycles. The standard InChI is InChI=1S/C13H17N3O3/c1-10(17)15-7-6-14-12(9-15)8-11-2-4-13(5-3-11)16(18)19/h2-5,12,14H,6-9H2,1H3. The monoisotopic (exact) mass is 263 g/mol. The van der Waals surface area contributed by atoms with Crippen LogP contribution in [0, 0.1) is 10.1 Å². The van der Waals surface area contributed by atoms with E-state index in [0.717, 1.165) is 25.1 Å². The summed E-state index contributed by atoms with van der Waals surface area (Å²) in [4.78, 5) is 23.3. The molecule has 0 saturated carbocycles. The summed E-state index contributed by atoms with van der Waals surface area (Å²) in [6, 6.07) is 6.78. The molecule has 1 saturated heterocycles. The molecule has 1 aromatic carbocycles. The Bertz CT molecular complexity index is 473. The molecule has 1 aliphatic heterocycles. The van der Waals surface area contributed by atoms with Crippen molar-refractivity contribution >= 4 is 11.6 Å². The molecule has 1 fully saturated rings. The van der Waals surface area contributed by atoms with Crippen molar-refractivity contribution in [1.29, 1.82) is 0 Å². The lowest BCUT2D eigenvalue weighted by Gasteiger charge is -2.33. The van der Waals surface area contributed by atoms with Gasteiger partial charge in [-0.05, 0) is 12.0 Å². The van der Waals surface area contributed by atoms with Crippen LogP contribution in [0.2, 0.25) is 0 Å². The third kappa shape index (κ3) is 3.51. The molecule has 1 N–H and O–H groups in total. The zero-order valence-electron chi connectivity index (χ0n) is 10.8. The Hall–Kier alpha value is -1.95. The van der Waals surface area contributed by atoms with E-state index in [1.807, 2.05) is 4.90 Å². The minimum atomic E-state index is -0.403. The van der Waals surface area contributed by atoms with Crippen molar-refractivity contribution in [2.45, 2.75) is 19.4 Å². The first-order chi connectivity index (χ1) is 9.06. The summed E-state index contributed by atoms with van der Waals surface area (Å²) in [6.07, 6.45) is 0.766. The van der Waals surface area contributed by atoms with Crippen molar-refractivity contribution in [1.82, 2.24) is 10.2 Å². The third-order valence-electron chi connectivity index (χ3n) is 3.33. The Morgan fingerprint density at radius 2 is 2.16 bits per heavy atom.